The van der Waals surface area contributed by atoms with Crippen LogP contribution in [0.25, 0.3) is 0 Å². The molecule has 53 heavy (non-hydrogen) atoms. The quantitative estimate of drug-likeness (QED) is 0.107. The Morgan fingerprint density at radius 3 is 2.32 bits per heavy atom. The Morgan fingerprint density at radius 1 is 0.906 bits per heavy atom. The molecule has 4 atom stereocenters. The molecule has 3 aromatic heterocycles. The fourth-order valence-corrected chi connectivity index (χ4v) is 6.64. The van der Waals surface area contributed by atoms with Gasteiger partial charge in [-0.1, -0.05) is 62.4 Å². The highest BCUT2D eigenvalue weighted by molar-refractivity contribution is 5.91. The summed E-state index contributed by atoms with van der Waals surface area (Å²) in [5.74, 6) is -0.202. The van der Waals surface area contributed by atoms with Gasteiger partial charge in [0.25, 0.3) is 0 Å². The molecule has 5 rings (SSSR count). The van der Waals surface area contributed by atoms with Crippen LogP contribution in [0.4, 0.5) is 4.79 Å². The number of aliphatic hydroxyl groups excluding tert-OH is 1. The van der Waals surface area contributed by atoms with Gasteiger partial charge in [-0.2, -0.15) is 0 Å². The number of pyridine rings is 1. The minimum absolute atomic E-state index is 0.0988. The maximum atomic E-state index is 14.2. The Bertz CT molecular complexity index is 1710. The summed E-state index contributed by atoms with van der Waals surface area (Å²) in [6.07, 6.45) is 11.8. The number of ether oxygens (including phenoxy) is 1. The van der Waals surface area contributed by atoms with Gasteiger partial charge in [0.05, 0.1) is 18.5 Å². The molecule has 1 aromatic carbocycles. The SMILES string of the molecule is CC(C)(C)OC(=O)N[C@@H](Cc1ccccc1)C(=O)N[C@@H](Cc1cnc[nH]1)C(=O)N[C@@H](CC1CCCCC1)[C@@H](O)Cc1nnnn1CCc1ccncc1. The van der Waals surface area contributed by atoms with E-state index in [1.807, 2.05) is 42.5 Å². The lowest BCUT2D eigenvalue weighted by Gasteiger charge is -2.31. The molecule has 15 nitrogen and oxygen atoms in total. The smallest absolute Gasteiger partial charge is 0.408 e. The van der Waals surface area contributed by atoms with Crippen molar-refractivity contribution in [3.05, 3.63) is 90.0 Å². The summed E-state index contributed by atoms with van der Waals surface area (Å²) in [6.45, 7) is 5.74. The van der Waals surface area contributed by atoms with Crippen molar-refractivity contribution in [2.24, 2.45) is 5.92 Å². The molecule has 0 saturated heterocycles. The van der Waals surface area contributed by atoms with E-state index in [1.54, 1.807) is 44.0 Å². The van der Waals surface area contributed by atoms with E-state index in [-0.39, 0.29) is 19.3 Å². The number of aromatic amines is 1. The summed E-state index contributed by atoms with van der Waals surface area (Å²) in [5.41, 5.74) is 1.75. The molecule has 0 aliphatic heterocycles. The second-order valence-electron chi connectivity index (χ2n) is 14.8. The number of hydrogen-bond donors (Lipinski definition) is 5. The molecule has 1 aliphatic rings. The first-order chi connectivity index (χ1) is 25.5. The highest BCUT2D eigenvalue weighted by atomic mass is 16.6. The third-order valence-electron chi connectivity index (χ3n) is 9.37. The van der Waals surface area contributed by atoms with Gasteiger partial charge >= 0.3 is 6.09 Å². The van der Waals surface area contributed by atoms with Gasteiger partial charge in [0.15, 0.2) is 5.82 Å². The molecule has 0 spiro atoms. The minimum Gasteiger partial charge on any atom is -0.444 e. The zero-order chi connectivity index (χ0) is 37.6. The summed E-state index contributed by atoms with van der Waals surface area (Å²) < 4.78 is 7.14. The van der Waals surface area contributed by atoms with Gasteiger partial charge in [-0.25, -0.2) is 14.5 Å². The highest BCUT2D eigenvalue weighted by Gasteiger charge is 2.33. The lowest BCUT2D eigenvalue weighted by Crippen LogP contribution is -2.58. The van der Waals surface area contributed by atoms with Crippen LogP contribution in [0.5, 0.6) is 0 Å². The zero-order valence-corrected chi connectivity index (χ0v) is 30.8. The Labute approximate surface area is 310 Å². The molecule has 3 amide bonds. The first-order valence-electron chi connectivity index (χ1n) is 18.5. The first-order valence-corrected chi connectivity index (χ1v) is 18.5. The average Bonchev–Trinajstić information content (AvgIpc) is 3.82. The third-order valence-corrected chi connectivity index (χ3v) is 9.37. The number of nitrogens with zero attached hydrogens (tertiary/aromatic N) is 6. The van der Waals surface area contributed by atoms with Crippen LogP contribution in [0.2, 0.25) is 0 Å². The largest absolute Gasteiger partial charge is 0.444 e. The van der Waals surface area contributed by atoms with Crippen LogP contribution in [0.15, 0.2) is 67.4 Å². The fourth-order valence-electron chi connectivity index (χ4n) is 6.64. The Balaban J connectivity index is 1.33. The van der Waals surface area contributed by atoms with Gasteiger partial charge in [0.2, 0.25) is 11.8 Å². The summed E-state index contributed by atoms with van der Waals surface area (Å²) in [4.78, 5) is 52.3. The molecule has 15 heteroatoms. The Morgan fingerprint density at radius 2 is 1.62 bits per heavy atom. The van der Waals surface area contributed by atoms with Gasteiger partial charge in [-0.15, -0.1) is 5.10 Å². The Hall–Kier alpha value is -5.18. The lowest BCUT2D eigenvalue weighted by atomic mass is 9.83. The summed E-state index contributed by atoms with van der Waals surface area (Å²) in [6, 6.07) is 10.4. The zero-order valence-electron chi connectivity index (χ0n) is 30.8. The number of aromatic nitrogens is 7. The molecule has 284 valence electrons. The molecule has 1 aliphatic carbocycles. The lowest BCUT2D eigenvalue weighted by molar-refractivity contribution is -0.131. The monoisotopic (exact) mass is 728 g/mol. The molecule has 3 heterocycles. The second-order valence-corrected chi connectivity index (χ2v) is 14.8. The average molecular weight is 729 g/mol. The standard InChI is InChI=1S/C38H52N10O5/c1-38(2,3)53-37(52)44-31(21-28-12-8-5-9-13-28)35(50)43-32(22-29-24-40-25-41-29)36(51)42-30(20-27-10-6-4-7-11-27)33(49)23-34-45-46-47-48(34)19-16-26-14-17-39-18-15-26/h5,8-9,12-15,17-18,24-25,27,30-33,49H,4,6-7,10-11,16,19-23H2,1-3H3,(H,40,41)(H,42,51)(H,43,50)(H,44,52)/t30-,31-,32-,33-/m0/s1. The molecule has 5 N–H and O–H groups in total. The van der Waals surface area contributed by atoms with Crippen LogP contribution in [-0.2, 0) is 46.6 Å². The van der Waals surface area contributed by atoms with Gasteiger partial charge < -0.3 is 30.8 Å². The maximum absolute atomic E-state index is 14.2. The molecule has 4 aromatic rings. The maximum Gasteiger partial charge on any atom is 0.408 e. The van der Waals surface area contributed by atoms with E-state index >= 15 is 0 Å². The van der Waals surface area contributed by atoms with Crippen LogP contribution in [0.3, 0.4) is 0 Å². The van der Waals surface area contributed by atoms with Gasteiger partial charge in [0.1, 0.15) is 17.7 Å². The number of rotatable bonds is 17. The van der Waals surface area contributed by atoms with Crippen LogP contribution in [0, 0.1) is 5.92 Å². The number of imidazole rings is 1. The molecule has 0 unspecified atom stereocenters. The van der Waals surface area contributed by atoms with Crippen LogP contribution < -0.4 is 16.0 Å². The van der Waals surface area contributed by atoms with E-state index in [2.05, 4.69) is 46.4 Å². The van der Waals surface area contributed by atoms with Gasteiger partial charge in [0, 0.05) is 50.1 Å². The van der Waals surface area contributed by atoms with Crippen molar-refractivity contribution >= 4 is 17.9 Å². The number of tetrazole rings is 1. The number of carbonyl (C=O) groups excluding carboxylic acids is 3. The highest BCUT2D eigenvalue weighted by Crippen LogP contribution is 2.28. The van der Waals surface area contributed by atoms with E-state index < -0.39 is 47.7 Å². The van der Waals surface area contributed by atoms with Crippen molar-refractivity contribution in [1.82, 2.24) is 51.1 Å². The predicted molar refractivity (Wildman–Crippen MR) is 196 cm³/mol. The molecule has 1 fully saturated rings. The van der Waals surface area contributed by atoms with Crippen molar-refractivity contribution in [3.63, 3.8) is 0 Å². The predicted octanol–water partition coefficient (Wildman–Crippen LogP) is 3.26. The van der Waals surface area contributed by atoms with E-state index in [9.17, 15) is 19.5 Å². The van der Waals surface area contributed by atoms with Gasteiger partial charge in [-0.3, -0.25) is 14.6 Å². The van der Waals surface area contributed by atoms with E-state index in [0.29, 0.717) is 36.8 Å². The molecule has 0 radical (unpaired) electrons. The molecular formula is C38H52N10O5. The van der Waals surface area contributed by atoms with Crippen LogP contribution >= 0.6 is 0 Å². The van der Waals surface area contributed by atoms with E-state index in [1.165, 1.54) is 12.7 Å². The van der Waals surface area contributed by atoms with Crippen molar-refractivity contribution < 1.29 is 24.2 Å². The van der Waals surface area contributed by atoms with E-state index in [0.717, 1.165) is 36.8 Å². The number of nitrogens with one attached hydrogen (secondary N) is 4. The number of benzene rings is 1. The number of H-pyrrole nitrogens is 1. The summed E-state index contributed by atoms with van der Waals surface area (Å²) >= 11 is 0. The van der Waals surface area contributed by atoms with Gasteiger partial charge in [-0.05, 0) is 73.2 Å². The van der Waals surface area contributed by atoms with E-state index in [4.69, 9.17) is 4.74 Å². The van der Waals surface area contributed by atoms with Crippen LogP contribution in [0.1, 0.15) is 81.9 Å². The minimum atomic E-state index is -1.06. The first kappa shape index (κ1) is 39.0. The number of hydrogen-bond acceptors (Lipinski definition) is 10. The Kier molecular flexibility index (Phi) is 14.0. The molecular weight excluding hydrogens is 676 g/mol. The normalized spacial score (nSPS) is 15.8. The number of aryl methyl sites for hydroxylation is 2. The summed E-state index contributed by atoms with van der Waals surface area (Å²) in [7, 11) is 0. The fraction of sp³-hybridized carbons (Fsp3) is 0.526. The molecule has 0 bridgehead atoms. The number of carbonyl (C=O) groups is 3. The topological polar surface area (TPSA) is 202 Å². The van der Waals surface area contributed by atoms with Crippen molar-refractivity contribution in [2.45, 2.75) is 121 Å². The number of amides is 3. The van der Waals surface area contributed by atoms with Crippen molar-refractivity contribution in [2.75, 3.05) is 0 Å². The second kappa shape index (κ2) is 19.1. The number of alkyl carbamates (subject to hydrolysis) is 1. The third kappa shape index (κ3) is 12.8. The molecule has 1 saturated carbocycles. The van der Waals surface area contributed by atoms with Crippen molar-refractivity contribution in [1.29, 1.82) is 0 Å². The number of aliphatic hydroxyl groups is 1. The van der Waals surface area contributed by atoms with Crippen LogP contribution in [-0.4, -0.2) is 88.0 Å². The summed E-state index contributed by atoms with van der Waals surface area (Å²) in [5, 5.41) is 32.7. The van der Waals surface area contributed by atoms with Crippen molar-refractivity contribution in [3.8, 4) is 0 Å².